The second kappa shape index (κ2) is 5.57. The van der Waals surface area contributed by atoms with Crippen LogP contribution in [0.5, 0.6) is 0 Å². The topological polar surface area (TPSA) is 33.5 Å². The van der Waals surface area contributed by atoms with Crippen molar-refractivity contribution in [3.8, 4) is 0 Å². The van der Waals surface area contributed by atoms with Crippen molar-refractivity contribution < 1.29 is 9.21 Å². The monoisotopic (exact) mass is 303 g/mol. The summed E-state index contributed by atoms with van der Waals surface area (Å²) < 4.78 is 5.50. The molecule has 4 heteroatoms. The minimum atomic E-state index is -0.0342. The van der Waals surface area contributed by atoms with Crippen molar-refractivity contribution >= 4 is 17.5 Å². The van der Waals surface area contributed by atoms with Crippen LogP contribution in [0.2, 0.25) is 5.02 Å². The molecule has 1 heterocycles. The predicted octanol–water partition coefficient (Wildman–Crippen LogP) is 4.61. The number of rotatable bonds is 4. The Bertz CT molecular complexity index is 643. The average Bonchev–Trinajstić information content (AvgIpc) is 3.20. The van der Waals surface area contributed by atoms with Gasteiger partial charge in [0.05, 0.1) is 6.04 Å². The summed E-state index contributed by atoms with van der Waals surface area (Å²) in [5.74, 6) is 1.14. The van der Waals surface area contributed by atoms with Crippen LogP contribution in [-0.2, 0) is 0 Å². The zero-order valence-corrected chi connectivity index (χ0v) is 12.9. The Labute approximate surface area is 129 Å². The lowest BCUT2D eigenvalue weighted by molar-refractivity contribution is 0.0639. The lowest BCUT2D eigenvalue weighted by atomic mass is 10.1. The van der Waals surface area contributed by atoms with Gasteiger partial charge in [-0.3, -0.25) is 4.79 Å². The molecule has 1 aliphatic carbocycles. The maximum absolute atomic E-state index is 12.7. The fourth-order valence-electron chi connectivity index (χ4n) is 2.59. The predicted molar refractivity (Wildman–Crippen MR) is 82.5 cm³/mol. The van der Waals surface area contributed by atoms with E-state index in [-0.39, 0.29) is 11.9 Å². The number of halogens is 1. The van der Waals surface area contributed by atoms with E-state index in [1.54, 1.807) is 6.07 Å². The minimum absolute atomic E-state index is 0.00710. The lowest BCUT2D eigenvalue weighted by Crippen LogP contribution is -2.35. The maximum Gasteiger partial charge on any atom is 0.290 e. The van der Waals surface area contributed by atoms with Crippen LogP contribution >= 0.6 is 11.6 Å². The van der Waals surface area contributed by atoms with Crippen LogP contribution in [-0.4, -0.2) is 16.8 Å². The van der Waals surface area contributed by atoms with E-state index in [4.69, 9.17) is 16.0 Å². The van der Waals surface area contributed by atoms with Gasteiger partial charge in [0, 0.05) is 11.1 Å². The summed E-state index contributed by atoms with van der Waals surface area (Å²) in [7, 11) is 0. The van der Waals surface area contributed by atoms with Crippen LogP contribution < -0.4 is 0 Å². The van der Waals surface area contributed by atoms with E-state index in [1.807, 2.05) is 42.2 Å². The summed E-state index contributed by atoms with van der Waals surface area (Å²) in [5, 5.41) is 0.705. The normalized spacial score (nSPS) is 15.8. The molecule has 0 saturated heterocycles. The molecule has 1 aliphatic rings. The van der Waals surface area contributed by atoms with Crippen molar-refractivity contribution in [2.24, 2.45) is 0 Å². The quantitative estimate of drug-likeness (QED) is 0.826. The van der Waals surface area contributed by atoms with Crippen molar-refractivity contribution in [2.45, 2.75) is 38.8 Å². The van der Waals surface area contributed by atoms with Crippen molar-refractivity contribution in [1.29, 1.82) is 0 Å². The molecule has 0 spiro atoms. The number of carbonyl (C=O) groups excluding carboxylic acids is 1. The first-order valence-electron chi connectivity index (χ1n) is 7.21. The zero-order valence-electron chi connectivity index (χ0n) is 12.2. The molecule has 0 N–H and O–H groups in total. The van der Waals surface area contributed by atoms with Gasteiger partial charge in [-0.05, 0) is 56.5 Å². The average molecular weight is 304 g/mol. The number of hydrogen-bond donors (Lipinski definition) is 0. The van der Waals surface area contributed by atoms with Gasteiger partial charge >= 0.3 is 0 Å². The summed E-state index contributed by atoms with van der Waals surface area (Å²) in [5.41, 5.74) is 1.09. The molecule has 21 heavy (non-hydrogen) atoms. The number of aryl methyl sites for hydroxylation is 1. The lowest BCUT2D eigenvalue weighted by Gasteiger charge is -2.29. The summed E-state index contributed by atoms with van der Waals surface area (Å²) in [6.45, 7) is 3.90. The molecule has 1 fully saturated rings. The fourth-order valence-corrected chi connectivity index (χ4v) is 2.72. The van der Waals surface area contributed by atoms with Gasteiger partial charge in [-0.15, -0.1) is 0 Å². The first-order chi connectivity index (χ1) is 10.1. The van der Waals surface area contributed by atoms with E-state index < -0.39 is 0 Å². The molecular formula is C17H18ClNO2. The Morgan fingerprint density at radius 3 is 2.43 bits per heavy atom. The number of hydrogen-bond acceptors (Lipinski definition) is 2. The van der Waals surface area contributed by atoms with E-state index in [1.165, 1.54) is 0 Å². The smallest absolute Gasteiger partial charge is 0.290 e. The third-order valence-electron chi connectivity index (χ3n) is 3.90. The third kappa shape index (κ3) is 2.98. The highest BCUT2D eigenvalue weighted by molar-refractivity contribution is 6.30. The van der Waals surface area contributed by atoms with Gasteiger partial charge in [-0.2, -0.15) is 0 Å². The van der Waals surface area contributed by atoms with Gasteiger partial charge in [0.15, 0.2) is 5.76 Å². The molecule has 1 aromatic heterocycles. The van der Waals surface area contributed by atoms with Crippen molar-refractivity contribution in [2.75, 3.05) is 0 Å². The Morgan fingerprint density at radius 2 is 1.90 bits per heavy atom. The second-order valence-electron chi connectivity index (χ2n) is 5.58. The molecule has 1 aromatic carbocycles. The van der Waals surface area contributed by atoms with Crippen LogP contribution in [0.25, 0.3) is 0 Å². The Balaban J connectivity index is 1.87. The molecule has 0 radical (unpaired) electrons. The Kier molecular flexibility index (Phi) is 3.77. The molecule has 1 amide bonds. The number of carbonyl (C=O) groups is 1. The standard InChI is InChI=1S/C17H18ClNO2/c1-11-3-10-16(21-11)17(20)19(15-8-9-15)12(2)13-4-6-14(18)7-5-13/h3-7,10,12,15H,8-9H2,1-2H3/t12-/m0/s1. The summed E-state index contributed by atoms with van der Waals surface area (Å²) >= 11 is 5.94. The van der Waals surface area contributed by atoms with Crippen LogP contribution in [0.15, 0.2) is 40.8 Å². The van der Waals surface area contributed by atoms with Crippen LogP contribution in [0.3, 0.4) is 0 Å². The summed E-state index contributed by atoms with van der Waals surface area (Å²) in [6.07, 6.45) is 2.12. The van der Waals surface area contributed by atoms with Crippen LogP contribution in [0.1, 0.15) is 47.7 Å². The molecule has 0 bridgehead atoms. The van der Waals surface area contributed by atoms with Crippen molar-refractivity contribution in [3.05, 3.63) is 58.5 Å². The molecule has 2 aromatic rings. The van der Waals surface area contributed by atoms with Gasteiger partial charge in [-0.25, -0.2) is 0 Å². The van der Waals surface area contributed by atoms with Gasteiger partial charge in [0.1, 0.15) is 5.76 Å². The van der Waals surface area contributed by atoms with Crippen molar-refractivity contribution in [3.63, 3.8) is 0 Å². The SMILES string of the molecule is Cc1ccc(C(=O)N(C2CC2)[C@@H](C)c2ccc(Cl)cc2)o1. The first kappa shape index (κ1) is 14.2. The van der Waals surface area contributed by atoms with E-state index in [0.29, 0.717) is 16.8 Å². The van der Waals surface area contributed by atoms with Gasteiger partial charge < -0.3 is 9.32 Å². The number of amides is 1. The van der Waals surface area contributed by atoms with Gasteiger partial charge in [-0.1, -0.05) is 23.7 Å². The molecule has 3 rings (SSSR count). The largest absolute Gasteiger partial charge is 0.456 e. The Hall–Kier alpha value is -1.74. The van der Waals surface area contributed by atoms with Crippen molar-refractivity contribution in [1.82, 2.24) is 4.90 Å². The second-order valence-corrected chi connectivity index (χ2v) is 6.02. The number of benzene rings is 1. The molecular weight excluding hydrogens is 286 g/mol. The van der Waals surface area contributed by atoms with Crippen LogP contribution in [0.4, 0.5) is 0 Å². The molecule has 1 atom stereocenters. The van der Waals surface area contributed by atoms with E-state index in [0.717, 1.165) is 24.2 Å². The molecule has 110 valence electrons. The fraction of sp³-hybridized carbons (Fsp3) is 0.353. The highest BCUT2D eigenvalue weighted by atomic mass is 35.5. The third-order valence-corrected chi connectivity index (χ3v) is 4.15. The molecule has 0 aliphatic heterocycles. The number of furan rings is 1. The Morgan fingerprint density at radius 1 is 1.24 bits per heavy atom. The van der Waals surface area contributed by atoms with Gasteiger partial charge in [0.25, 0.3) is 5.91 Å². The molecule has 3 nitrogen and oxygen atoms in total. The van der Waals surface area contributed by atoms with E-state index in [9.17, 15) is 4.79 Å². The minimum Gasteiger partial charge on any atom is -0.456 e. The zero-order chi connectivity index (χ0) is 15.0. The molecule has 0 unspecified atom stereocenters. The maximum atomic E-state index is 12.7. The summed E-state index contributed by atoms with van der Waals surface area (Å²) in [4.78, 5) is 14.7. The molecule has 1 saturated carbocycles. The first-order valence-corrected chi connectivity index (χ1v) is 7.58. The summed E-state index contributed by atoms with van der Waals surface area (Å²) in [6, 6.07) is 11.6. The van der Waals surface area contributed by atoms with E-state index in [2.05, 4.69) is 6.92 Å². The van der Waals surface area contributed by atoms with Gasteiger partial charge in [0.2, 0.25) is 0 Å². The van der Waals surface area contributed by atoms with E-state index >= 15 is 0 Å². The highest BCUT2D eigenvalue weighted by Crippen LogP contribution is 2.36. The van der Waals surface area contributed by atoms with Crippen LogP contribution in [0, 0.1) is 6.92 Å². The highest BCUT2D eigenvalue weighted by Gasteiger charge is 2.37. The number of nitrogens with zero attached hydrogens (tertiary/aromatic N) is 1.